The predicted molar refractivity (Wildman–Crippen MR) is 129 cm³/mol. The second kappa shape index (κ2) is 10.8. The van der Waals surface area contributed by atoms with Crippen molar-refractivity contribution in [3.05, 3.63) is 95.7 Å². The number of aromatic nitrogens is 2. The number of rotatable bonds is 9. The molecule has 0 fully saturated rings. The quantitative estimate of drug-likeness (QED) is 0.287. The fourth-order valence-electron chi connectivity index (χ4n) is 3.21. The summed E-state index contributed by atoms with van der Waals surface area (Å²) < 4.78 is 16.3. The molecule has 172 valence electrons. The first-order valence-electron chi connectivity index (χ1n) is 10.5. The van der Waals surface area contributed by atoms with Gasteiger partial charge in [-0.3, -0.25) is 9.89 Å². The first-order valence-corrected chi connectivity index (χ1v) is 10.5. The van der Waals surface area contributed by atoms with Crippen molar-refractivity contribution in [2.75, 3.05) is 14.2 Å². The molecule has 1 aromatic heterocycles. The number of benzene rings is 3. The number of hydrogen-bond acceptors (Lipinski definition) is 6. The van der Waals surface area contributed by atoms with Gasteiger partial charge in [0.1, 0.15) is 29.5 Å². The number of carbonyl (C=O) groups is 1. The van der Waals surface area contributed by atoms with Crippen LogP contribution in [0.25, 0.3) is 11.3 Å². The molecule has 0 saturated heterocycles. The Morgan fingerprint density at radius 3 is 2.47 bits per heavy atom. The molecular formula is C26H24N4O4. The zero-order valence-corrected chi connectivity index (χ0v) is 18.8. The zero-order chi connectivity index (χ0) is 23.8. The molecule has 0 aliphatic rings. The Kier molecular flexibility index (Phi) is 7.19. The molecule has 0 aliphatic heterocycles. The minimum absolute atomic E-state index is 0.286. The minimum atomic E-state index is -0.417. The number of H-pyrrole nitrogens is 1. The molecule has 4 aromatic rings. The summed E-state index contributed by atoms with van der Waals surface area (Å²) in [6.07, 6.45) is 1.49. The maximum absolute atomic E-state index is 12.5. The van der Waals surface area contributed by atoms with Gasteiger partial charge in [0.15, 0.2) is 0 Å². The summed E-state index contributed by atoms with van der Waals surface area (Å²) in [6.45, 7) is 0.495. The van der Waals surface area contributed by atoms with Crippen LogP contribution in [-0.2, 0) is 6.61 Å². The Labute approximate surface area is 197 Å². The van der Waals surface area contributed by atoms with Gasteiger partial charge in [-0.25, -0.2) is 5.43 Å². The van der Waals surface area contributed by atoms with Crippen molar-refractivity contribution in [3.8, 4) is 28.5 Å². The van der Waals surface area contributed by atoms with Crippen molar-refractivity contribution >= 4 is 12.1 Å². The molecule has 4 rings (SSSR count). The molecule has 0 saturated carbocycles. The lowest BCUT2D eigenvalue weighted by molar-refractivity contribution is 0.0950. The number of ether oxygens (including phenoxy) is 3. The number of carbonyl (C=O) groups excluding carboxylic acids is 1. The molecule has 0 bridgehead atoms. The van der Waals surface area contributed by atoms with Crippen LogP contribution in [0.1, 0.15) is 21.6 Å². The van der Waals surface area contributed by atoms with Crippen LogP contribution >= 0.6 is 0 Å². The van der Waals surface area contributed by atoms with Gasteiger partial charge in [0.25, 0.3) is 5.91 Å². The van der Waals surface area contributed by atoms with E-state index in [1.807, 2.05) is 54.6 Å². The second-order valence-corrected chi connectivity index (χ2v) is 7.27. The van der Waals surface area contributed by atoms with E-state index in [0.717, 1.165) is 16.9 Å². The van der Waals surface area contributed by atoms with Crippen molar-refractivity contribution in [2.45, 2.75) is 6.61 Å². The monoisotopic (exact) mass is 456 g/mol. The van der Waals surface area contributed by atoms with Gasteiger partial charge in [0.05, 0.1) is 26.1 Å². The van der Waals surface area contributed by atoms with Crippen molar-refractivity contribution in [1.29, 1.82) is 0 Å². The largest absolute Gasteiger partial charge is 0.497 e. The van der Waals surface area contributed by atoms with E-state index in [4.69, 9.17) is 14.2 Å². The molecule has 3 aromatic carbocycles. The van der Waals surface area contributed by atoms with E-state index in [0.29, 0.717) is 29.4 Å². The van der Waals surface area contributed by atoms with Gasteiger partial charge in [-0.15, -0.1) is 0 Å². The summed E-state index contributed by atoms with van der Waals surface area (Å²) in [6, 6.07) is 24.5. The Morgan fingerprint density at radius 1 is 0.971 bits per heavy atom. The van der Waals surface area contributed by atoms with Crippen LogP contribution in [0.15, 0.2) is 84.0 Å². The highest BCUT2D eigenvalue weighted by molar-refractivity contribution is 5.94. The highest BCUT2D eigenvalue weighted by atomic mass is 16.5. The third-order valence-corrected chi connectivity index (χ3v) is 5.03. The van der Waals surface area contributed by atoms with Gasteiger partial charge in [-0.2, -0.15) is 10.2 Å². The molecule has 0 aliphatic carbocycles. The molecule has 2 N–H and O–H groups in total. The molecule has 0 radical (unpaired) electrons. The first kappa shape index (κ1) is 22.6. The van der Waals surface area contributed by atoms with Crippen molar-refractivity contribution in [3.63, 3.8) is 0 Å². The number of nitrogens with one attached hydrogen (secondary N) is 2. The molecule has 8 heteroatoms. The van der Waals surface area contributed by atoms with Gasteiger partial charge in [0, 0.05) is 11.1 Å². The summed E-state index contributed by atoms with van der Waals surface area (Å²) in [4.78, 5) is 12.5. The number of methoxy groups -OCH3 is 2. The van der Waals surface area contributed by atoms with Crippen LogP contribution in [0.2, 0.25) is 0 Å². The zero-order valence-electron chi connectivity index (χ0n) is 18.8. The first-order chi connectivity index (χ1) is 16.7. The van der Waals surface area contributed by atoms with Crippen molar-refractivity contribution in [1.82, 2.24) is 15.6 Å². The van der Waals surface area contributed by atoms with Crippen molar-refractivity contribution in [2.24, 2.45) is 5.10 Å². The fraction of sp³-hybridized carbons (Fsp3) is 0.115. The molecule has 34 heavy (non-hydrogen) atoms. The number of nitrogens with zero attached hydrogens (tertiary/aromatic N) is 2. The molecule has 1 amide bonds. The third kappa shape index (κ3) is 5.60. The molecule has 0 spiro atoms. The van der Waals surface area contributed by atoms with Gasteiger partial charge in [-0.05, 0) is 54.1 Å². The molecule has 8 nitrogen and oxygen atoms in total. The van der Waals surface area contributed by atoms with E-state index in [1.54, 1.807) is 38.5 Å². The van der Waals surface area contributed by atoms with Gasteiger partial charge < -0.3 is 14.2 Å². The topological polar surface area (TPSA) is 97.8 Å². The summed E-state index contributed by atoms with van der Waals surface area (Å²) >= 11 is 0. The third-order valence-electron chi connectivity index (χ3n) is 5.03. The maximum Gasteiger partial charge on any atom is 0.289 e. The summed E-state index contributed by atoms with van der Waals surface area (Å²) in [5.41, 5.74) is 6.03. The highest BCUT2D eigenvalue weighted by Crippen LogP contribution is 2.23. The lowest BCUT2D eigenvalue weighted by Crippen LogP contribution is -2.18. The fourth-order valence-corrected chi connectivity index (χ4v) is 3.21. The molecule has 1 heterocycles. The van der Waals surface area contributed by atoms with Crippen LogP contribution in [0.5, 0.6) is 17.2 Å². The number of aromatic amines is 1. The van der Waals surface area contributed by atoms with E-state index in [2.05, 4.69) is 20.7 Å². The number of amides is 1. The Morgan fingerprint density at radius 2 is 1.74 bits per heavy atom. The highest BCUT2D eigenvalue weighted by Gasteiger charge is 2.11. The molecule has 0 atom stereocenters. The lowest BCUT2D eigenvalue weighted by atomic mass is 10.1. The average molecular weight is 457 g/mol. The van der Waals surface area contributed by atoms with Gasteiger partial charge in [0.2, 0.25) is 0 Å². The number of hydrogen-bond donors (Lipinski definition) is 2. The Hall–Kier alpha value is -4.59. The van der Waals surface area contributed by atoms with E-state index in [9.17, 15) is 4.79 Å². The van der Waals surface area contributed by atoms with Crippen LogP contribution < -0.4 is 19.6 Å². The summed E-state index contributed by atoms with van der Waals surface area (Å²) in [7, 11) is 3.14. The van der Waals surface area contributed by atoms with E-state index in [-0.39, 0.29) is 5.69 Å². The van der Waals surface area contributed by atoms with Crippen LogP contribution in [0, 0.1) is 0 Å². The summed E-state index contributed by atoms with van der Waals surface area (Å²) in [5.74, 6) is 1.60. The Bertz CT molecular complexity index is 1270. The van der Waals surface area contributed by atoms with Crippen molar-refractivity contribution < 1.29 is 19.0 Å². The number of hydrazone groups is 1. The Balaban J connectivity index is 1.36. The van der Waals surface area contributed by atoms with E-state index < -0.39 is 5.91 Å². The predicted octanol–water partition coefficient (Wildman–Crippen LogP) is 4.44. The standard InChI is InChI=1S/C26H24N4O4/c1-32-22-12-13-25(33-2)20(14-22)16-27-30-26(31)24-15-23(28-29-24)19-8-10-21(11-9-19)34-17-18-6-4-3-5-7-18/h3-16H,17H2,1-2H3,(H,28,29)(H,30,31). The van der Waals surface area contributed by atoms with E-state index >= 15 is 0 Å². The van der Waals surface area contributed by atoms with Gasteiger partial charge in [-0.1, -0.05) is 30.3 Å². The second-order valence-electron chi connectivity index (χ2n) is 7.27. The average Bonchev–Trinajstić information content (AvgIpc) is 3.39. The summed E-state index contributed by atoms with van der Waals surface area (Å²) in [5, 5.41) is 11.0. The smallest absolute Gasteiger partial charge is 0.289 e. The van der Waals surface area contributed by atoms with E-state index in [1.165, 1.54) is 6.21 Å². The lowest BCUT2D eigenvalue weighted by Gasteiger charge is -2.06. The normalized spacial score (nSPS) is 10.8. The minimum Gasteiger partial charge on any atom is -0.497 e. The maximum atomic E-state index is 12.5. The van der Waals surface area contributed by atoms with Crippen LogP contribution in [0.3, 0.4) is 0 Å². The van der Waals surface area contributed by atoms with Gasteiger partial charge >= 0.3 is 0 Å². The molecule has 0 unspecified atom stereocenters. The van der Waals surface area contributed by atoms with Crippen LogP contribution in [-0.4, -0.2) is 36.5 Å². The van der Waals surface area contributed by atoms with Crippen LogP contribution in [0.4, 0.5) is 0 Å². The molecular weight excluding hydrogens is 432 g/mol. The SMILES string of the molecule is COc1ccc(OC)c(C=NNC(=O)c2cc(-c3ccc(OCc4ccccc4)cc3)n[nH]2)c1.